The van der Waals surface area contributed by atoms with Gasteiger partial charge >= 0.3 is 5.69 Å². The molecule has 6 nitrogen and oxygen atoms in total. The molecule has 0 aliphatic heterocycles. The highest BCUT2D eigenvalue weighted by Crippen LogP contribution is 2.20. The molecule has 1 unspecified atom stereocenters. The van der Waals surface area contributed by atoms with Crippen molar-refractivity contribution in [2.75, 3.05) is 5.75 Å². The highest BCUT2D eigenvalue weighted by molar-refractivity contribution is 8.00. The summed E-state index contributed by atoms with van der Waals surface area (Å²) in [7, 11) is 0. The van der Waals surface area contributed by atoms with Crippen LogP contribution in [-0.4, -0.2) is 21.6 Å². The van der Waals surface area contributed by atoms with Gasteiger partial charge in [-0.05, 0) is 19.4 Å². The maximum Gasteiger partial charge on any atom is 0.346 e. The summed E-state index contributed by atoms with van der Waals surface area (Å²) in [6, 6.07) is 11.5. The predicted octanol–water partition coefficient (Wildman–Crippen LogP) is 1.92. The maximum atomic E-state index is 12.0. The lowest BCUT2D eigenvalue weighted by Crippen LogP contribution is -2.28. The van der Waals surface area contributed by atoms with Gasteiger partial charge in [0, 0.05) is 5.69 Å². The number of amides is 1. The van der Waals surface area contributed by atoms with E-state index in [9.17, 15) is 9.59 Å². The molecule has 1 aromatic heterocycles. The first kappa shape index (κ1) is 16.8. The first-order valence-electron chi connectivity index (χ1n) is 6.99. The van der Waals surface area contributed by atoms with Gasteiger partial charge in [-0.15, -0.1) is 0 Å². The van der Waals surface area contributed by atoms with Crippen LogP contribution >= 0.6 is 11.8 Å². The van der Waals surface area contributed by atoms with Crippen LogP contribution in [0.5, 0.6) is 0 Å². The summed E-state index contributed by atoms with van der Waals surface area (Å²) in [5, 5.41) is 12.3. The maximum absolute atomic E-state index is 12.0. The Kier molecular flexibility index (Phi) is 5.55. The number of thioether (sulfide) groups is 1. The molecule has 0 aliphatic rings. The van der Waals surface area contributed by atoms with Gasteiger partial charge in [0.1, 0.15) is 16.7 Å². The van der Waals surface area contributed by atoms with Gasteiger partial charge in [-0.1, -0.05) is 42.1 Å². The van der Waals surface area contributed by atoms with E-state index in [-0.39, 0.29) is 22.7 Å². The summed E-state index contributed by atoms with van der Waals surface area (Å²) >= 11 is 1.08. The number of hydrogen-bond donors (Lipinski definition) is 2. The van der Waals surface area contributed by atoms with Crippen molar-refractivity contribution in [2.45, 2.75) is 24.9 Å². The van der Waals surface area contributed by atoms with E-state index in [1.54, 1.807) is 6.92 Å². The SMILES string of the molecule is Cc1[nH]c(=O)nc(SCC(=O)NC(C)c2ccccc2)c1C#N. The molecule has 2 N–H and O–H groups in total. The Hall–Kier alpha value is -2.59. The molecule has 0 fully saturated rings. The van der Waals surface area contributed by atoms with Crippen LogP contribution in [0, 0.1) is 18.3 Å². The Morgan fingerprint density at radius 1 is 1.43 bits per heavy atom. The largest absolute Gasteiger partial charge is 0.349 e. The fourth-order valence-corrected chi connectivity index (χ4v) is 2.88. The molecule has 7 heteroatoms. The Morgan fingerprint density at radius 2 is 2.13 bits per heavy atom. The highest BCUT2D eigenvalue weighted by atomic mass is 32.2. The minimum atomic E-state index is -0.526. The molecule has 118 valence electrons. The molecule has 1 heterocycles. The minimum absolute atomic E-state index is 0.0851. The lowest BCUT2D eigenvalue weighted by molar-refractivity contribution is -0.119. The molecule has 1 aromatic carbocycles. The zero-order valence-electron chi connectivity index (χ0n) is 12.8. The molecular formula is C16H16N4O2S. The van der Waals surface area contributed by atoms with Crippen LogP contribution in [0.15, 0.2) is 40.2 Å². The van der Waals surface area contributed by atoms with Gasteiger partial charge in [0.05, 0.1) is 11.8 Å². The van der Waals surface area contributed by atoms with Crippen LogP contribution < -0.4 is 11.0 Å². The van der Waals surface area contributed by atoms with E-state index >= 15 is 0 Å². The monoisotopic (exact) mass is 328 g/mol. The lowest BCUT2D eigenvalue weighted by atomic mass is 10.1. The molecule has 1 atom stereocenters. The molecule has 0 saturated heterocycles. The van der Waals surface area contributed by atoms with Crippen molar-refractivity contribution in [3.8, 4) is 6.07 Å². The van der Waals surface area contributed by atoms with Crippen LogP contribution in [0.25, 0.3) is 0 Å². The number of benzene rings is 1. The van der Waals surface area contributed by atoms with Crippen molar-refractivity contribution >= 4 is 17.7 Å². The minimum Gasteiger partial charge on any atom is -0.349 e. The van der Waals surface area contributed by atoms with E-state index in [1.165, 1.54) is 0 Å². The Bertz CT molecular complexity index is 796. The Morgan fingerprint density at radius 3 is 2.78 bits per heavy atom. The van der Waals surface area contributed by atoms with Crippen molar-refractivity contribution < 1.29 is 4.79 Å². The summed E-state index contributed by atoms with van der Waals surface area (Å²) < 4.78 is 0. The quantitative estimate of drug-likeness (QED) is 0.645. The summed E-state index contributed by atoms with van der Waals surface area (Å²) in [5.74, 6) is -0.100. The van der Waals surface area contributed by atoms with Gasteiger partial charge in [0.25, 0.3) is 0 Å². The number of hydrogen-bond acceptors (Lipinski definition) is 5. The van der Waals surface area contributed by atoms with Crippen molar-refractivity contribution in [3.05, 3.63) is 57.6 Å². The van der Waals surface area contributed by atoms with Gasteiger partial charge in [0.2, 0.25) is 5.91 Å². The predicted molar refractivity (Wildman–Crippen MR) is 88.0 cm³/mol. The molecule has 2 rings (SSSR count). The fraction of sp³-hybridized carbons (Fsp3) is 0.250. The van der Waals surface area contributed by atoms with Crippen molar-refractivity contribution in [1.29, 1.82) is 5.26 Å². The second kappa shape index (κ2) is 7.61. The number of aryl methyl sites for hydroxylation is 1. The van der Waals surface area contributed by atoms with E-state index in [1.807, 2.05) is 43.3 Å². The average molecular weight is 328 g/mol. The first-order valence-corrected chi connectivity index (χ1v) is 7.98. The van der Waals surface area contributed by atoms with Crippen molar-refractivity contribution in [1.82, 2.24) is 15.3 Å². The van der Waals surface area contributed by atoms with Crippen LogP contribution in [0.4, 0.5) is 0 Å². The second-order valence-electron chi connectivity index (χ2n) is 4.95. The first-order chi connectivity index (χ1) is 11.0. The third-order valence-electron chi connectivity index (χ3n) is 3.22. The van der Waals surface area contributed by atoms with Gasteiger partial charge in [0.15, 0.2) is 0 Å². The van der Waals surface area contributed by atoms with Gasteiger partial charge in [-0.2, -0.15) is 10.2 Å². The number of nitrogens with zero attached hydrogens (tertiary/aromatic N) is 2. The topological polar surface area (TPSA) is 98.6 Å². The molecule has 2 aromatic rings. The highest BCUT2D eigenvalue weighted by Gasteiger charge is 2.14. The average Bonchev–Trinajstić information content (AvgIpc) is 2.53. The smallest absolute Gasteiger partial charge is 0.346 e. The number of H-pyrrole nitrogens is 1. The van der Waals surface area contributed by atoms with E-state index in [0.717, 1.165) is 17.3 Å². The van der Waals surface area contributed by atoms with Gasteiger partial charge in [-0.3, -0.25) is 4.79 Å². The van der Waals surface area contributed by atoms with Gasteiger partial charge < -0.3 is 10.3 Å². The number of carbonyl (C=O) groups is 1. The van der Waals surface area contributed by atoms with E-state index < -0.39 is 5.69 Å². The van der Waals surface area contributed by atoms with Crippen LogP contribution in [-0.2, 0) is 4.79 Å². The van der Waals surface area contributed by atoms with Crippen molar-refractivity contribution in [3.63, 3.8) is 0 Å². The number of rotatable bonds is 5. The molecule has 0 radical (unpaired) electrons. The second-order valence-corrected chi connectivity index (χ2v) is 5.91. The number of aromatic nitrogens is 2. The van der Waals surface area contributed by atoms with E-state index in [4.69, 9.17) is 5.26 Å². The number of nitriles is 1. The Balaban J connectivity index is 2.00. The van der Waals surface area contributed by atoms with Crippen LogP contribution in [0.2, 0.25) is 0 Å². The summed E-state index contributed by atoms with van der Waals surface area (Å²) in [6.45, 7) is 3.53. The molecular weight excluding hydrogens is 312 g/mol. The summed E-state index contributed by atoms with van der Waals surface area (Å²) in [6.07, 6.45) is 0. The Labute approximate surface area is 138 Å². The third-order valence-corrected chi connectivity index (χ3v) is 4.19. The molecule has 0 bridgehead atoms. The fourth-order valence-electron chi connectivity index (χ4n) is 2.04. The third kappa shape index (κ3) is 4.44. The normalized spacial score (nSPS) is 11.5. The summed E-state index contributed by atoms with van der Waals surface area (Å²) in [4.78, 5) is 29.7. The molecule has 0 saturated carbocycles. The van der Waals surface area contributed by atoms with E-state index in [0.29, 0.717) is 11.3 Å². The van der Waals surface area contributed by atoms with Gasteiger partial charge in [-0.25, -0.2) is 4.79 Å². The number of aromatic amines is 1. The molecule has 23 heavy (non-hydrogen) atoms. The zero-order chi connectivity index (χ0) is 16.8. The van der Waals surface area contributed by atoms with E-state index in [2.05, 4.69) is 15.3 Å². The summed E-state index contributed by atoms with van der Waals surface area (Å²) in [5.41, 5.74) is 1.22. The van der Waals surface area contributed by atoms with Crippen LogP contribution in [0.3, 0.4) is 0 Å². The molecule has 0 spiro atoms. The molecule has 0 aliphatic carbocycles. The zero-order valence-corrected chi connectivity index (χ0v) is 13.6. The lowest BCUT2D eigenvalue weighted by Gasteiger charge is -2.14. The number of carbonyl (C=O) groups excluding carboxylic acids is 1. The number of nitrogens with one attached hydrogen (secondary N) is 2. The van der Waals surface area contributed by atoms with Crippen molar-refractivity contribution in [2.24, 2.45) is 0 Å². The van der Waals surface area contributed by atoms with Crippen LogP contribution in [0.1, 0.15) is 29.8 Å². The molecule has 1 amide bonds. The standard InChI is InChI=1S/C16H16N4O2S/c1-10(12-6-4-3-5-7-12)18-14(21)9-23-15-13(8-17)11(2)19-16(22)20-15/h3-7,10H,9H2,1-2H3,(H,18,21)(H,19,20,22).